The number of allylic oxidation sites excluding steroid dienone is 2. The first kappa shape index (κ1) is 15.6. The van der Waals surface area contributed by atoms with Gasteiger partial charge in [-0.25, -0.2) is 9.78 Å². The van der Waals surface area contributed by atoms with E-state index in [-0.39, 0.29) is 6.03 Å². The molecule has 126 valence electrons. The van der Waals surface area contributed by atoms with Gasteiger partial charge in [-0.2, -0.15) is 4.39 Å². The van der Waals surface area contributed by atoms with Crippen LogP contribution in [0.2, 0.25) is 0 Å². The normalized spacial score (nSPS) is 16.7. The van der Waals surface area contributed by atoms with Crippen molar-refractivity contribution in [1.29, 1.82) is 0 Å². The molecule has 4 nitrogen and oxygen atoms in total. The molecule has 0 radical (unpaired) electrons. The van der Waals surface area contributed by atoms with Crippen LogP contribution >= 0.6 is 0 Å². The van der Waals surface area contributed by atoms with Crippen LogP contribution < -0.4 is 4.90 Å². The summed E-state index contributed by atoms with van der Waals surface area (Å²) >= 11 is 0. The van der Waals surface area contributed by atoms with Crippen LogP contribution in [0.15, 0.2) is 66.3 Å². The third-order valence-electron chi connectivity index (χ3n) is 4.42. The average molecular weight is 335 g/mol. The molecule has 1 aromatic heterocycles. The molecule has 0 saturated heterocycles. The van der Waals surface area contributed by atoms with Crippen LogP contribution in [0.4, 0.5) is 20.6 Å². The maximum absolute atomic E-state index is 13.7. The van der Waals surface area contributed by atoms with E-state index in [1.54, 1.807) is 15.9 Å². The van der Waals surface area contributed by atoms with Gasteiger partial charge in [0.2, 0.25) is 5.95 Å². The van der Waals surface area contributed by atoms with Gasteiger partial charge in [0.15, 0.2) is 0 Å². The van der Waals surface area contributed by atoms with Crippen molar-refractivity contribution >= 4 is 17.4 Å². The second kappa shape index (κ2) is 6.51. The molecule has 0 saturated carbocycles. The van der Waals surface area contributed by atoms with E-state index in [1.807, 2.05) is 30.3 Å². The van der Waals surface area contributed by atoms with Gasteiger partial charge in [0.1, 0.15) is 0 Å². The fourth-order valence-electron chi connectivity index (χ4n) is 3.24. The van der Waals surface area contributed by atoms with E-state index in [0.29, 0.717) is 24.5 Å². The maximum atomic E-state index is 13.7. The third-order valence-corrected chi connectivity index (χ3v) is 4.42. The summed E-state index contributed by atoms with van der Waals surface area (Å²) in [7, 11) is 0. The van der Waals surface area contributed by atoms with Gasteiger partial charge in [-0.3, -0.25) is 4.90 Å². The lowest BCUT2D eigenvalue weighted by molar-refractivity contribution is 0.205. The van der Waals surface area contributed by atoms with E-state index in [4.69, 9.17) is 0 Å². The van der Waals surface area contributed by atoms with Gasteiger partial charge in [-0.05, 0) is 42.7 Å². The number of anilines is 2. The van der Waals surface area contributed by atoms with Crippen molar-refractivity contribution in [3.63, 3.8) is 0 Å². The summed E-state index contributed by atoms with van der Waals surface area (Å²) < 4.78 is 13.7. The number of pyridine rings is 1. The monoisotopic (exact) mass is 335 g/mol. The number of hydrogen-bond donors (Lipinski definition) is 0. The number of urea groups is 1. The van der Waals surface area contributed by atoms with E-state index in [1.165, 1.54) is 6.07 Å². The SMILES string of the molecule is O=C1N(CC2=CCCC=C2)Cc2nc(F)ccc2N1c1ccccc1. The Bertz CT molecular complexity index is 860. The molecular formula is C20H18FN3O. The summed E-state index contributed by atoms with van der Waals surface area (Å²) in [6, 6.07) is 12.2. The van der Waals surface area contributed by atoms with Gasteiger partial charge in [-0.15, -0.1) is 0 Å². The highest BCUT2D eigenvalue weighted by atomic mass is 19.1. The Morgan fingerprint density at radius 3 is 2.68 bits per heavy atom. The molecule has 5 heteroatoms. The molecule has 1 aromatic carbocycles. The molecule has 0 bridgehead atoms. The minimum atomic E-state index is -0.530. The number of rotatable bonds is 3. The number of nitrogens with zero attached hydrogens (tertiary/aromatic N) is 3. The first-order valence-electron chi connectivity index (χ1n) is 8.37. The van der Waals surface area contributed by atoms with Crippen molar-refractivity contribution in [2.75, 3.05) is 11.4 Å². The van der Waals surface area contributed by atoms with Crippen LogP contribution in [0.5, 0.6) is 0 Å². The quantitative estimate of drug-likeness (QED) is 0.770. The molecular weight excluding hydrogens is 317 g/mol. The Kier molecular flexibility index (Phi) is 4.06. The average Bonchev–Trinajstić information content (AvgIpc) is 2.64. The number of aromatic nitrogens is 1. The zero-order chi connectivity index (χ0) is 17.2. The number of para-hydroxylation sites is 1. The third kappa shape index (κ3) is 3.05. The summed E-state index contributed by atoms with van der Waals surface area (Å²) in [4.78, 5) is 20.5. The minimum absolute atomic E-state index is 0.119. The Balaban J connectivity index is 1.73. The van der Waals surface area contributed by atoms with Crippen LogP contribution in [0, 0.1) is 5.95 Å². The van der Waals surface area contributed by atoms with Gasteiger partial charge in [0.25, 0.3) is 0 Å². The minimum Gasteiger partial charge on any atom is -0.314 e. The summed E-state index contributed by atoms with van der Waals surface area (Å²) in [5.41, 5.74) is 3.07. The van der Waals surface area contributed by atoms with E-state index in [0.717, 1.165) is 24.1 Å². The number of halogens is 1. The molecule has 1 aliphatic carbocycles. The molecule has 2 amide bonds. The molecule has 0 spiro atoms. The highest BCUT2D eigenvalue weighted by Gasteiger charge is 2.32. The fourth-order valence-corrected chi connectivity index (χ4v) is 3.24. The molecule has 2 aliphatic rings. The van der Waals surface area contributed by atoms with Crippen LogP contribution in [-0.2, 0) is 6.54 Å². The van der Waals surface area contributed by atoms with Crippen molar-refractivity contribution in [3.05, 3.63) is 77.9 Å². The lowest BCUT2D eigenvalue weighted by Gasteiger charge is -2.36. The maximum Gasteiger partial charge on any atom is 0.329 e. The van der Waals surface area contributed by atoms with Crippen molar-refractivity contribution in [2.45, 2.75) is 19.4 Å². The Morgan fingerprint density at radius 1 is 1.08 bits per heavy atom. The Labute approximate surface area is 145 Å². The van der Waals surface area contributed by atoms with Gasteiger partial charge in [-0.1, -0.05) is 36.4 Å². The van der Waals surface area contributed by atoms with Crippen molar-refractivity contribution in [3.8, 4) is 0 Å². The second-order valence-corrected chi connectivity index (χ2v) is 6.17. The van der Waals surface area contributed by atoms with E-state index in [2.05, 4.69) is 23.2 Å². The van der Waals surface area contributed by atoms with Crippen LogP contribution in [-0.4, -0.2) is 22.5 Å². The smallest absolute Gasteiger partial charge is 0.314 e. The number of fused-ring (bicyclic) bond motifs is 1. The highest BCUT2D eigenvalue weighted by Crippen LogP contribution is 2.34. The van der Waals surface area contributed by atoms with Crippen molar-refractivity contribution in [1.82, 2.24) is 9.88 Å². The molecule has 2 aromatic rings. The predicted octanol–water partition coefficient (Wildman–Crippen LogP) is 4.57. The predicted molar refractivity (Wildman–Crippen MR) is 95.0 cm³/mol. The summed E-state index contributed by atoms with van der Waals surface area (Å²) in [6.45, 7) is 0.802. The van der Waals surface area contributed by atoms with Crippen LogP contribution in [0.25, 0.3) is 0 Å². The van der Waals surface area contributed by atoms with E-state index >= 15 is 0 Å². The number of amides is 2. The van der Waals surface area contributed by atoms with E-state index in [9.17, 15) is 9.18 Å². The van der Waals surface area contributed by atoms with Crippen molar-refractivity contribution in [2.24, 2.45) is 0 Å². The van der Waals surface area contributed by atoms with Gasteiger partial charge in [0, 0.05) is 6.54 Å². The lowest BCUT2D eigenvalue weighted by Crippen LogP contribution is -2.45. The van der Waals surface area contributed by atoms with Gasteiger partial charge < -0.3 is 4.90 Å². The van der Waals surface area contributed by atoms with Crippen LogP contribution in [0.1, 0.15) is 18.5 Å². The summed E-state index contributed by atoms with van der Waals surface area (Å²) in [5, 5.41) is 0. The molecule has 0 fully saturated rings. The summed E-state index contributed by atoms with van der Waals surface area (Å²) in [6.07, 6.45) is 8.33. The Morgan fingerprint density at radius 2 is 1.92 bits per heavy atom. The van der Waals surface area contributed by atoms with E-state index < -0.39 is 5.95 Å². The molecule has 2 heterocycles. The highest BCUT2D eigenvalue weighted by molar-refractivity contribution is 6.01. The number of benzene rings is 1. The van der Waals surface area contributed by atoms with Crippen LogP contribution in [0.3, 0.4) is 0 Å². The zero-order valence-electron chi connectivity index (χ0n) is 13.7. The number of carbonyl (C=O) groups excluding carboxylic acids is 1. The molecule has 0 unspecified atom stereocenters. The molecule has 4 rings (SSSR count). The first-order valence-corrected chi connectivity index (χ1v) is 8.37. The van der Waals surface area contributed by atoms with Gasteiger partial charge >= 0.3 is 6.03 Å². The number of hydrogen-bond acceptors (Lipinski definition) is 2. The topological polar surface area (TPSA) is 36.4 Å². The zero-order valence-corrected chi connectivity index (χ0v) is 13.7. The largest absolute Gasteiger partial charge is 0.329 e. The molecule has 25 heavy (non-hydrogen) atoms. The van der Waals surface area contributed by atoms with Gasteiger partial charge in [0.05, 0.1) is 23.6 Å². The first-order chi connectivity index (χ1) is 12.2. The molecule has 0 atom stereocenters. The van der Waals surface area contributed by atoms with Crippen molar-refractivity contribution < 1.29 is 9.18 Å². The second-order valence-electron chi connectivity index (χ2n) is 6.17. The molecule has 1 aliphatic heterocycles. The Hall–Kier alpha value is -2.95. The fraction of sp³-hybridized carbons (Fsp3) is 0.200. The number of carbonyl (C=O) groups is 1. The standard InChI is InChI=1S/C20H18FN3O/c21-19-12-11-18-17(22-19)14-23(13-15-7-3-1-4-8-15)20(25)24(18)16-9-5-2-6-10-16/h2-3,5-12H,1,4,13-14H2. The molecule has 0 N–H and O–H groups in total. The summed E-state index contributed by atoms with van der Waals surface area (Å²) in [5.74, 6) is -0.530. The lowest BCUT2D eigenvalue weighted by atomic mass is 10.1.